The van der Waals surface area contributed by atoms with Crippen LogP contribution in [0.15, 0.2) is 60.9 Å². The number of halogens is 1. The lowest BCUT2D eigenvalue weighted by atomic mass is 10.1. The number of carbonyl (C=O) groups excluding carboxylic acids is 1. The fraction of sp³-hybridized carbons (Fsp3) is 0.182. The molecule has 0 atom stereocenters. The molecule has 0 aliphatic carbocycles. The molecule has 0 fully saturated rings. The molecule has 3 aromatic rings. The van der Waals surface area contributed by atoms with Gasteiger partial charge in [-0.3, -0.25) is 9.78 Å². The van der Waals surface area contributed by atoms with Crippen LogP contribution in [-0.4, -0.2) is 24.5 Å². The van der Waals surface area contributed by atoms with Crippen molar-refractivity contribution in [2.24, 2.45) is 0 Å². The zero-order chi connectivity index (χ0) is 19.9. The number of anilines is 2. The summed E-state index contributed by atoms with van der Waals surface area (Å²) in [5, 5.41) is 6.10. The van der Waals surface area contributed by atoms with Gasteiger partial charge in [0.25, 0.3) is 5.91 Å². The molecule has 0 spiro atoms. The molecule has 0 saturated carbocycles. The third-order valence-corrected chi connectivity index (χ3v) is 4.26. The molecule has 0 saturated heterocycles. The fourth-order valence-corrected chi connectivity index (χ4v) is 2.78. The molecule has 2 aromatic carbocycles. The van der Waals surface area contributed by atoms with Crippen LogP contribution >= 0.6 is 0 Å². The van der Waals surface area contributed by atoms with Crippen molar-refractivity contribution >= 4 is 17.3 Å². The molecule has 1 amide bonds. The van der Waals surface area contributed by atoms with Gasteiger partial charge in [0.15, 0.2) is 0 Å². The van der Waals surface area contributed by atoms with Gasteiger partial charge < -0.3 is 15.4 Å². The van der Waals surface area contributed by atoms with Crippen molar-refractivity contribution in [2.45, 2.75) is 13.3 Å². The van der Waals surface area contributed by atoms with E-state index in [1.54, 1.807) is 31.5 Å². The Kier molecular flexibility index (Phi) is 6.22. The highest BCUT2D eigenvalue weighted by Gasteiger charge is 2.11. The molecule has 6 heteroatoms. The van der Waals surface area contributed by atoms with Crippen LogP contribution < -0.4 is 15.4 Å². The lowest BCUT2D eigenvalue weighted by molar-refractivity contribution is 0.102. The highest BCUT2D eigenvalue weighted by molar-refractivity contribution is 6.05. The maximum absolute atomic E-state index is 13.0. The Bertz CT molecular complexity index is 958. The largest absolute Gasteiger partial charge is 0.495 e. The number of amides is 1. The average molecular weight is 379 g/mol. The van der Waals surface area contributed by atoms with Crippen molar-refractivity contribution in [3.63, 3.8) is 0 Å². The smallest absolute Gasteiger partial charge is 0.257 e. The summed E-state index contributed by atoms with van der Waals surface area (Å²) in [6.45, 7) is 2.59. The number of nitrogens with one attached hydrogen (secondary N) is 2. The number of methoxy groups -OCH3 is 1. The first-order chi connectivity index (χ1) is 13.5. The number of benzene rings is 2. The van der Waals surface area contributed by atoms with Gasteiger partial charge in [-0.2, -0.15) is 0 Å². The van der Waals surface area contributed by atoms with E-state index in [-0.39, 0.29) is 11.7 Å². The van der Waals surface area contributed by atoms with E-state index in [0.717, 1.165) is 23.2 Å². The zero-order valence-corrected chi connectivity index (χ0v) is 15.8. The predicted octanol–water partition coefficient (Wildman–Crippen LogP) is 4.44. The van der Waals surface area contributed by atoms with Gasteiger partial charge in [-0.25, -0.2) is 4.39 Å². The molecule has 0 bridgehead atoms. The van der Waals surface area contributed by atoms with Crippen LogP contribution in [0.2, 0.25) is 0 Å². The summed E-state index contributed by atoms with van der Waals surface area (Å²) >= 11 is 0. The minimum Gasteiger partial charge on any atom is -0.495 e. The Balaban J connectivity index is 1.63. The van der Waals surface area contributed by atoms with Crippen LogP contribution in [0.1, 0.15) is 21.5 Å². The number of nitrogens with zero attached hydrogens (tertiary/aromatic N) is 1. The third kappa shape index (κ3) is 5.07. The van der Waals surface area contributed by atoms with Gasteiger partial charge >= 0.3 is 0 Å². The maximum atomic E-state index is 13.0. The highest BCUT2D eigenvalue weighted by Crippen LogP contribution is 2.25. The number of hydrogen-bond acceptors (Lipinski definition) is 4. The first kappa shape index (κ1) is 19.4. The molecule has 3 rings (SSSR count). The van der Waals surface area contributed by atoms with Gasteiger partial charge in [-0.05, 0) is 54.8 Å². The number of hydrogen-bond donors (Lipinski definition) is 2. The highest BCUT2D eigenvalue weighted by atomic mass is 19.1. The molecule has 0 aliphatic rings. The molecule has 0 radical (unpaired) electrons. The monoisotopic (exact) mass is 379 g/mol. The molecule has 0 aliphatic heterocycles. The average Bonchev–Trinajstić information content (AvgIpc) is 2.70. The van der Waals surface area contributed by atoms with Gasteiger partial charge in [-0.1, -0.05) is 18.2 Å². The van der Waals surface area contributed by atoms with Crippen LogP contribution in [-0.2, 0) is 6.42 Å². The van der Waals surface area contributed by atoms with Crippen molar-refractivity contribution in [3.05, 3.63) is 83.4 Å². The summed E-state index contributed by atoms with van der Waals surface area (Å²) in [7, 11) is 1.56. The Morgan fingerprint density at radius 3 is 2.64 bits per heavy atom. The molecular formula is C22H22FN3O2. The third-order valence-electron chi connectivity index (χ3n) is 4.26. The molecule has 1 aromatic heterocycles. The molecular weight excluding hydrogens is 357 g/mol. The first-order valence-electron chi connectivity index (χ1n) is 8.94. The Labute approximate surface area is 163 Å². The van der Waals surface area contributed by atoms with Crippen molar-refractivity contribution in [1.82, 2.24) is 4.98 Å². The Morgan fingerprint density at radius 1 is 1.11 bits per heavy atom. The van der Waals surface area contributed by atoms with Crippen LogP contribution in [0.3, 0.4) is 0 Å². The summed E-state index contributed by atoms with van der Waals surface area (Å²) in [5.74, 6) is 0.0870. The lowest BCUT2D eigenvalue weighted by Gasteiger charge is -2.12. The maximum Gasteiger partial charge on any atom is 0.257 e. The van der Waals surface area contributed by atoms with Gasteiger partial charge in [-0.15, -0.1) is 0 Å². The molecule has 28 heavy (non-hydrogen) atoms. The Morgan fingerprint density at radius 2 is 1.89 bits per heavy atom. The Hall–Kier alpha value is -3.41. The van der Waals surface area contributed by atoms with Gasteiger partial charge in [0, 0.05) is 18.9 Å². The summed E-state index contributed by atoms with van der Waals surface area (Å²) in [4.78, 5) is 16.7. The van der Waals surface area contributed by atoms with Gasteiger partial charge in [0.2, 0.25) is 0 Å². The van der Waals surface area contributed by atoms with E-state index in [2.05, 4.69) is 15.6 Å². The number of carbonyl (C=O) groups is 1. The summed E-state index contributed by atoms with van der Waals surface area (Å²) in [6.07, 6.45) is 3.91. The molecule has 144 valence electrons. The second-order valence-corrected chi connectivity index (χ2v) is 6.42. The summed E-state index contributed by atoms with van der Waals surface area (Å²) in [5.41, 5.74) is 3.84. The predicted molar refractivity (Wildman–Crippen MR) is 109 cm³/mol. The lowest BCUT2D eigenvalue weighted by Crippen LogP contribution is -2.14. The van der Waals surface area contributed by atoms with Crippen molar-refractivity contribution in [1.29, 1.82) is 0 Å². The van der Waals surface area contributed by atoms with E-state index >= 15 is 0 Å². The molecule has 5 nitrogen and oxygen atoms in total. The topological polar surface area (TPSA) is 63.2 Å². The number of pyridine rings is 1. The van der Waals surface area contributed by atoms with Crippen LogP contribution in [0.4, 0.5) is 15.8 Å². The van der Waals surface area contributed by atoms with E-state index in [1.165, 1.54) is 18.3 Å². The SMILES string of the molecule is COc1ccc(C)cc1NC(=O)c1cncc(NCCc2ccc(F)cc2)c1. The van der Waals surface area contributed by atoms with Crippen LogP contribution in [0.25, 0.3) is 0 Å². The first-order valence-corrected chi connectivity index (χ1v) is 8.94. The zero-order valence-electron chi connectivity index (χ0n) is 15.8. The van der Waals surface area contributed by atoms with Crippen LogP contribution in [0.5, 0.6) is 5.75 Å². The number of ether oxygens (including phenoxy) is 1. The number of aromatic nitrogens is 1. The van der Waals surface area contributed by atoms with E-state index in [4.69, 9.17) is 4.74 Å². The van der Waals surface area contributed by atoms with Gasteiger partial charge in [0.05, 0.1) is 24.0 Å². The molecule has 2 N–H and O–H groups in total. The van der Waals surface area contributed by atoms with E-state index in [9.17, 15) is 9.18 Å². The quantitative estimate of drug-likeness (QED) is 0.637. The number of rotatable bonds is 7. The molecule has 1 heterocycles. The van der Waals surface area contributed by atoms with Crippen molar-refractivity contribution in [2.75, 3.05) is 24.3 Å². The normalized spacial score (nSPS) is 10.4. The van der Waals surface area contributed by atoms with Crippen molar-refractivity contribution < 1.29 is 13.9 Å². The van der Waals surface area contributed by atoms with Crippen molar-refractivity contribution in [3.8, 4) is 5.75 Å². The van der Waals surface area contributed by atoms with E-state index in [0.29, 0.717) is 23.5 Å². The fourth-order valence-electron chi connectivity index (χ4n) is 2.78. The minimum atomic E-state index is -0.265. The summed E-state index contributed by atoms with van der Waals surface area (Å²) < 4.78 is 18.2. The molecule has 0 unspecified atom stereocenters. The second kappa shape index (κ2) is 8.99. The van der Waals surface area contributed by atoms with Gasteiger partial charge in [0.1, 0.15) is 11.6 Å². The van der Waals surface area contributed by atoms with E-state index in [1.807, 2.05) is 25.1 Å². The number of aryl methyl sites for hydroxylation is 1. The second-order valence-electron chi connectivity index (χ2n) is 6.42. The minimum absolute atomic E-state index is 0.245. The summed E-state index contributed by atoms with van der Waals surface area (Å²) in [6, 6.07) is 13.7. The van der Waals surface area contributed by atoms with E-state index < -0.39 is 0 Å². The standard InChI is InChI=1S/C22H22FN3O2/c1-15-3-8-21(28-2)20(11-15)26-22(27)17-12-19(14-24-13-17)25-10-9-16-4-6-18(23)7-5-16/h3-8,11-14,25H,9-10H2,1-2H3,(H,26,27). The van der Waals surface area contributed by atoms with Crippen LogP contribution in [0, 0.1) is 12.7 Å².